The number of amides is 1. The number of benzene rings is 1. The lowest BCUT2D eigenvalue weighted by atomic mass is 10.1. The molecule has 16 heteroatoms. The number of fused-ring (bicyclic) bond motifs is 1. The van der Waals surface area contributed by atoms with Gasteiger partial charge in [0.2, 0.25) is 5.91 Å². The molecule has 6 nitrogen and oxygen atoms in total. The molecule has 0 unspecified atom stereocenters. The molecular formula is C15H12BrF7NO5PS. The maximum atomic E-state index is 14.2. The number of hydrogen-bond acceptors (Lipinski definition) is 4. The standard InChI is InChI=1S/C15H12BrF7NO5PS/c16-9-7-4-6(12(24)25)5-8(29-3-1-2-13(17,18)15(21,22)23)10(7)31-11(9)14(19,20)30(26,27)28/h4-5H,1-3H2,(H2,24,25)(H2,26,27,28). The molecule has 1 amide bonds. The van der Waals surface area contributed by atoms with E-state index in [2.05, 4.69) is 15.9 Å². The van der Waals surface area contributed by atoms with Crippen molar-refractivity contribution in [3.05, 3.63) is 27.0 Å². The Hall–Kier alpha value is -1.41. The molecule has 0 saturated carbocycles. The zero-order chi connectivity index (χ0) is 24.0. The minimum absolute atomic E-state index is 0.153. The van der Waals surface area contributed by atoms with Crippen molar-refractivity contribution in [3.63, 3.8) is 0 Å². The zero-order valence-electron chi connectivity index (χ0n) is 14.9. The van der Waals surface area contributed by atoms with Crippen molar-refractivity contribution in [1.82, 2.24) is 0 Å². The van der Waals surface area contributed by atoms with E-state index in [1.54, 1.807) is 0 Å². The van der Waals surface area contributed by atoms with Crippen LogP contribution >= 0.6 is 34.9 Å². The molecule has 0 bridgehead atoms. The minimum atomic E-state index is -5.95. The highest BCUT2D eigenvalue weighted by Gasteiger charge is 2.56. The summed E-state index contributed by atoms with van der Waals surface area (Å²) in [7, 11) is -5.95. The molecule has 0 aliphatic carbocycles. The monoisotopic (exact) mass is 561 g/mol. The number of ether oxygens (including phenoxy) is 1. The largest absolute Gasteiger partial charge is 0.492 e. The molecule has 0 radical (unpaired) electrons. The zero-order valence-corrected chi connectivity index (χ0v) is 18.1. The van der Waals surface area contributed by atoms with Gasteiger partial charge in [0.25, 0.3) is 0 Å². The molecule has 2 rings (SSSR count). The lowest BCUT2D eigenvalue weighted by molar-refractivity contribution is -0.284. The smallest absolute Gasteiger partial charge is 0.453 e. The second-order valence-electron chi connectivity index (χ2n) is 6.20. The van der Waals surface area contributed by atoms with Gasteiger partial charge in [0.1, 0.15) is 10.6 Å². The summed E-state index contributed by atoms with van der Waals surface area (Å²) in [5, 5.41) is -0.153. The Morgan fingerprint density at radius 1 is 1.16 bits per heavy atom. The van der Waals surface area contributed by atoms with Crippen LogP contribution in [0.15, 0.2) is 16.6 Å². The third-order valence-corrected chi connectivity index (χ3v) is 7.41. The first kappa shape index (κ1) is 25.8. The van der Waals surface area contributed by atoms with Gasteiger partial charge in [0, 0.05) is 21.8 Å². The lowest BCUT2D eigenvalue weighted by Gasteiger charge is -2.19. The molecule has 1 heterocycles. The fourth-order valence-corrected chi connectivity index (χ4v) is 5.31. The van der Waals surface area contributed by atoms with Gasteiger partial charge in [-0.25, -0.2) is 0 Å². The lowest BCUT2D eigenvalue weighted by Crippen LogP contribution is -2.36. The van der Waals surface area contributed by atoms with E-state index < -0.39 is 60.1 Å². The fourth-order valence-electron chi connectivity index (χ4n) is 2.33. The summed E-state index contributed by atoms with van der Waals surface area (Å²) in [5.74, 6) is -6.37. The van der Waals surface area contributed by atoms with E-state index in [1.807, 2.05) is 0 Å². The van der Waals surface area contributed by atoms with Gasteiger partial charge in [-0.1, -0.05) is 0 Å². The van der Waals surface area contributed by atoms with Crippen LogP contribution in [0.1, 0.15) is 28.1 Å². The molecule has 2 aromatic rings. The number of alkyl halides is 7. The van der Waals surface area contributed by atoms with Crippen LogP contribution in [-0.2, 0) is 10.2 Å². The van der Waals surface area contributed by atoms with Gasteiger partial charge in [0.05, 0.1) is 11.3 Å². The SMILES string of the molecule is NC(=O)c1cc(OCCCC(F)(F)C(F)(F)F)c2sc(C(F)(F)P(=O)(O)O)c(Br)c2c1. The molecule has 1 aromatic carbocycles. The first-order valence-electron chi connectivity index (χ1n) is 7.97. The highest BCUT2D eigenvalue weighted by atomic mass is 79.9. The number of nitrogens with two attached hydrogens (primary N) is 1. The van der Waals surface area contributed by atoms with Crippen LogP contribution in [0.2, 0.25) is 0 Å². The van der Waals surface area contributed by atoms with Gasteiger partial charge in [-0.05, 0) is 34.5 Å². The molecule has 4 N–H and O–H groups in total. The minimum Gasteiger partial charge on any atom is -0.492 e. The van der Waals surface area contributed by atoms with Gasteiger partial charge in [-0.15, -0.1) is 11.3 Å². The molecule has 0 spiro atoms. The number of carbonyl (C=O) groups is 1. The topological polar surface area (TPSA) is 110 Å². The van der Waals surface area contributed by atoms with E-state index in [0.29, 0.717) is 0 Å². The number of hydrogen-bond donors (Lipinski definition) is 3. The highest BCUT2D eigenvalue weighted by molar-refractivity contribution is 9.10. The van der Waals surface area contributed by atoms with E-state index in [1.165, 1.54) is 0 Å². The summed E-state index contributed by atoms with van der Waals surface area (Å²) in [5.41, 5.74) is 0.241. The van der Waals surface area contributed by atoms with Gasteiger partial charge >= 0.3 is 25.4 Å². The normalized spacial score (nSPS) is 13.6. The van der Waals surface area contributed by atoms with E-state index >= 15 is 0 Å². The summed E-state index contributed by atoms with van der Waals surface area (Å²) in [6, 6.07) is 1.98. The van der Waals surface area contributed by atoms with Crippen LogP contribution in [0.25, 0.3) is 10.1 Å². The highest BCUT2D eigenvalue weighted by Crippen LogP contribution is 2.63. The van der Waals surface area contributed by atoms with Crippen molar-refractivity contribution in [2.75, 3.05) is 6.61 Å². The van der Waals surface area contributed by atoms with Crippen molar-refractivity contribution in [3.8, 4) is 5.75 Å². The van der Waals surface area contributed by atoms with Crippen molar-refractivity contribution < 1.29 is 54.6 Å². The molecule has 174 valence electrons. The molecule has 0 aliphatic heterocycles. The van der Waals surface area contributed by atoms with E-state index in [-0.39, 0.29) is 32.7 Å². The predicted molar refractivity (Wildman–Crippen MR) is 99.7 cm³/mol. The molecular weight excluding hydrogens is 550 g/mol. The van der Waals surface area contributed by atoms with Crippen molar-refractivity contribution in [2.45, 2.75) is 30.6 Å². The quantitative estimate of drug-likeness (QED) is 0.229. The number of carbonyl (C=O) groups excluding carboxylic acids is 1. The van der Waals surface area contributed by atoms with Crippen molar-refractivity contribution in [2.24, 2.45) is 5.73 Å². The van der Waals surface area contributed by atoms with Crippen LogP contribution in [0.3, 0.4) is 0 Å². The first-order valence-corrected chi connectivity index (χ1v) is 11.2. The summed E-state index contributed by atoms with van der Waals surface area (Å²) in [4.78, 5) is 28.3. The van der Waals surface area contributed by atoms with Gasteiger partial charge in [-0.2, -0.15) is 30.7 Å². The van der Waals surface area contributed by atoms with Crippen molar-refractivity contribution in [1.29, 1.82) is 0 Å². The molecule has 0 aliphatic rings. The van der Waals surface area contributed by atoms with E-state index in [4.69, 9.17) is 20.3 Å². The predicted octanol–water partition coefficient (Wildman–Crippen LogP) is 5.35. The number of primary amides is 1. The Morgan fingerprint density at radius 3 is 2.23 bits per heavy atom. The number of halogens is 8. The first-order chi connectivity index (χ1) is 13.9. The Bertz CT molecular complexity index is 1050. The summed E-state index contributed by atoms with van der Waals surface area (Å²) < 4.78 is 107. The van der Waals surface area contributed by atoms with Crippen LogP contribution in [0, 0.1) is 0 Å². The summed E-state index contributed by atoms with van der Waals surface area (Å²) in [6.07, 6.45) is -8.15. The third-order valence-electron chi connectivity index (χ3n) is 3.93. The maximum Gasteiger partial charge on any atom is 0.453 e. The van der Waals surface area contributed by atoms with Crippen LogP contribution in [-0.4, -0.2) is 34.4 Å². The van der Waals surface area contributed by atoms with Gasteiger partial charge < -0.3 is 20.3 Å². The van der Waals surface area contributed by atoms with Gasteiger partial charge in [-0.3, -0.25) is 9.36 Å². The van der Waals surface area contributed by atoms with Crippen LogP contribution in [0.4, 0.5) is 30.7 Å². The average molecular weight is 562 g/mol. The van der Waals surface area contributed by atoms with Crippen LogP contribution < -0.4 is 10.5 Å². The number of thiophene rings is 1. The molecule has 0 atom stereocenters. The van der Waals surface area contributed by atoms with Gasteiger partial charge in [0.15, 0.2) is 0 Å². The maximum absolute atomic E-state index is 14.2. The Labute approximate surface area is 181 Å². The number of rotatable bonds is 8. The summed E-state index contributed by atoms with van der Waals surface area (Å²) in [6.45, 7) is -0.706. The Balaban J connectivity index is 2.43. The molecule has 0 saturated heterocycles. The second-order valence-corrected chi connectivity index (χ2v) is 9.66. The molecule has 1 aromatic heterocycles. The molecule has 31 heavy (non-hydrogen) atoms. The third kappa shape index (κ3) is 5.16. The molecule has 0 fully saturated rings. The summed E-state index contributed by atoms with van der Waals surface area (Å²) >= 11 is 2.96. The van der Waals surface area contributed by atoms with Crippen LogP contribution in [0.5, 0.6) is 5.75 Å². The Kier molecular flexibility index (Phi) is 7.09. The van der Waals surface area contributed by atoms with E-state index in [0.717, 1.165) is 12.1 Å². The van der Waals surface area contributed by atoms with E-state index in [9.17, 15) is 40.1 Å². The van der Waals surface area contributed by atoms with Crippen molar-refractivity contribution >= 4 is 50.9 Å². The fraction of sp³-hybridized carbons (Fsp3) is 0.400. The Morgan fingerprint density at radius 2 is 1.74 bits per heavy atom. The average Bonchev–Trinajstić information content (AvgIpc) is 2.94. The second kappa shape index (κ2) is 8.50.